The van der Waals surface area contributed by atoms with Crippen molar-refractivity contribution in [3.8, 4) is 0 Å². The van der Waals surface area contributed by atoms with Crippen molar-refractivity contribution in [1.29, 1.82) is 0 Å². The van der Waals surface area contributed by atoms with Crippen LogP contribution in [0, 0.1) is 0 Å². The van der Waals surface area contributed by atoms with Gasteiger partial charge in [-0.15, -0.1) is 0 Å². The number of hydrogen-bond donors (Lipinski definition) is 3. The van der Waals surface area contributed by atoms with E-state index in [0.29, 0.717) is 5.57 Å². The van der Waals surface area contributed by atoms with Gasteiger partial charge in [-0.2, -0.15) is 0 Å². The van der Waals surface area contributed by atoms with Crippen LogP contribution in [-0.2, 0) is 0 Å². The molecule has 0 aromatic rings. The molecule has 0 unspecified atom stereocenters. The zero-order valence-corrected chi connectivity index (χ0v) is 5.26. The summed E-state index contributed by atoms with van der Waals surface area (Å²) in [6.45, 7) is 4.79. The normalized spacial score (nSPS) is 11.2. The second kappa shape index (κ2) is 4.05. The molecular weight excluding hydrogens is 120 g/mol. The molecule has 0 atom stereocenters. The van der Waals surface area contributed by atoms with E-state index in [1.165, 1.54) is 0 Å². The maximum Gasteiger partial charge on any atom is 0.149 e. The van der Waals surface area contributed by atoms with Crippen LogP contribution in [0.3, 0.4) is 0 Å². The predicted octanol–water partition coefficient (Wildman–Crippen LogP) is -0.110. The van der Waals surface area contributed by atoms with Crippen LogP contribution in [0.25, 0.3) is 0 Å². The van der Waals surface area contributed by atoms with E-state index < -0.39 is 0 Å². The molecule has 3 N–H and O–H groups in total. The third-order valence-electron chi connectivity index (χ3n) is 0.739. The van der Waals surface area contributed by atoms with Crippen LogP contribution in [0.4, 0.5) is 0 Å². The number of aliphatic hydroxyl groups is 1. The second-order valence-corrected chi connectivity index (χ2v) is 1.54. The Morgan fingerprint density at radius 1 is 1.78 bits per heavy atom. The summed E-state index contributed by atoms with van der Waals surface area (Å²) in [6, 6.07) is 0. The molecule has 0 saturated heterocycles. The van der Waals surface area contributed by atoms with E-state index >= 15 is 0 Å². The zero-order valence-electron chi connectivity index (χ0n) is 5.26. The fourth-order valence-corrected chi connectivity index (χ4v) is 0.336. The lowest BCUT2D eigenvalue weighted by Gasteiger charge is -2.00. The first-order valence-corrected chi connectivity index (χ1v) is 2.43. The lowest BCUT2D eigenvalue weighted by Crippen LogP contribution is -2.20. The Morgan fingerprint density at radius 3 is 2.44 bits per heavy atom. The van der Waals surface area contributed by atoms with Crippen molar-refractivity contribution < 1.29 is 10.3 Å². The van der Waals surface area contributed by atoms with Gasteiger partial charge in [0.1, 0.15) is 12.6 Å². The van der Waals surface area contributed by atoms with E-state index in [4.69, 9.17) is 10.3 Å². The highest BCUT2D eigenvalue weighted by Gasteiger charge is 1.93. The topological polar surface area (TPSA) is 64.9 Å². The SMILES string of the molecule is C=C(C)C(=NCO)NO. The fourth-order valence-electron chi connectivity index (χ4n) is 0.336. The molecule has 4 nitrogen and oxygen atoms in total. The lowest BCUT2D eigenvalue weighted by molar-refractivity contribution is 0.231. The molecule has 9 heavy (non-hydrogen) atoms. The van der Waals surface area contributed by atoms with Gasteiger partial charge in [-0.1, -0.05) is 6.58 Å². The number of amidine groups is 1. The molecule has 0 radical (unpaired) electrons. The van der Waals surface area contributed by atoms with Gasteiger partial charge >= 0.3 is 0 Å². The number of aliphatic imine (C=N–C) groups is 1. The molecule has 0 aromatic heterocycles. The van der Waals surface area contributed by atoms with Crippen molar-refractivity contribution in [3.63, 3.8) is 0 Å². The number of nitrogens with zero attached hydrogens (tertiary/aromatic N) is 1. The van der Waals surface area contributed by atoms with Crippen LogP contribution in [0.2, 0.25) is 0 Å². The van der Waals surface area contributed by atoms with Crippen molar-refractivity contribution >= 4 is 5.84 Å². The van der Waals surface area contributed by atoms with Crippen LogP contribution < -0.4 is 5.48 Å². The molecule has 0 aliphatic rings. The highest BCUT2D eigenvalue weighted by Crippen LogP contribution is 1.87. The first-order valence-electron chi connectivity index (χ1n) is 2.43. The number of hydrogen-bond acceptors (Lipinski definition) is 3. The molecule has 0 aromatic carbocycles. The zero-order chi connectivity index (χ0) is 7.28. The Kier molecular flexibility index (Phi) is 3.66. The highest BCUT2D eigenvalue weighted by atomic mass is 16.5. The van der Waals surface area contributed by atoms with Crippen molar-refractivity contribution in [1.82, 2.24) is 5.48 Å². The molecule has 0 spiro atoms. The summed E-state index contributed by atoms with van der Waals surface area (Å²) in [4.78, 5) is 3.45. The second-order valence-electron chi connectivity index (χ2n) is 1.54. The standard InChI is InChI=1S/C5H10N2O2/c1-4(2)5(7-9)6-3-8/h8-9H,1,3H2,2H3,(H,6,7). The Labute approximate surface area is 53.5 Å². The summed E-state index contributed by atoms with van der Waals surface area (Å²) in [7, 11) is 0. The molecule has 0 saturated carbocycles. The molecule has 0 fully saturated rings. The predicted molar refractivity (Wildman–Crippen MR) is 34.3 cm³/mol. The van der Waals surface area contributed by atoms with Crippen LogP contribution in [0.1, 0.15) is 6.92 Å². The monoisotopic (exact) mass is 130 g/mol. The highest BCUT2D eigenvalue weighted by molar-refractivity contribution is 5.96. The summed E-state index contributed by atoms with van der Waals surface area (Å²) in [5, 5.41) is 16.5. The summed E-state index contributed by atoms with van der Waals surface area (Å²) < 4.78 is 0. The lowest BCUT2D eigenvalue weighted by atomic mass is 10.3. The Hall–Kier alpha value is -0.870. The number of nitrogens with one attached hydrogen (secondary N) is 1. The van der Waals surface area contributed by atoms with Gasteiger partial charge < -0.3 is 5.11 Å². The van der Waals surface area contributed by atoms with Gasteiger partial charge in [-0.05, 0) is 12.5 Å². The third kappa shape index (κ3) is 2.84. The third-order valence-corrected chi connectivity index (χ3v) is 0.739. The average Bonchev–Trinajstić information content (AvgIpc) is 1.82. The van der Waals surface area contributed by atoms with Crippen molar-refractivity contribution in [2.75, 3.05) is 6.73 Å². The summed E-state index contributed by atoms with van der Waals surface area (Å²) in [5.74, 6) is 0.206. The molecule has 4 heteroatoms. The van der Waals surface area contributed by atoms with Crippen LogP contribution in [0.15, 0.2) is 17.1 Å². The number of hydroxylamine groups is 1. The van der Waals surface area contributed by atoms with Gasteiger partial charge in [0.05, 0.1) is 0 Å². The first-order chi connectivity index (χ1) is 4.22. The smallest absolute Gasteiger partial charge is 0.149 e. The first kappa shape index (κ1) is 8.13. The summed E-state index contributed by atoms with van der Waals surface area (Å²) >= 11 is 0. The quantitative estimate of drug-likeness (QED) is 0.277. The van der Waals surface area contributed by atoms with Gasteiger partial charge in [0.25, 0.3) is 0 Å². The van der Waals surface area contributed by atoms with E-state index in [-0.39, 0.29) is 12.6 Å². The van der Waals surface area contributed by atoms with Gasteiger partial charge in [0.2, 0.25) is 0 Å². The van der Waals surface area contributed by atoms with Gasteiger partial charge in [0.15, 0.2) is 0 Å². The van der Waals surface area contributed by atoms with E-state index in [9.17, 15) is 0 Å². The summed E-state index contributed by atoms with van der Waals surface area (Å²) in [6.07, 6.45) is 0. The maximum absolute atomic E-state index is 8.27. The Bertz CT molecular complexity index is 131. The average molecular weight is 130 g/mol. The molecular formula is C5H10N2O2. The molecule has 0 aliphatic heterocycles. The van der Waals surface area contributed by atoms with E-state index in [1.54, 1.807) is 12.4 Å². The largest absolute Gasteiger partial charge is 0.374 e. The molecule has 0 rings (SSSR count). The van der Waals surface area contributed by atoms with E-state index in [1.807, 2.05) is 0 Å². The maximum atomic E-state index is 8.27. The molecule has 0 heterocycles. The molecule has 0 bridgehead atoms. The van der Waals surface area contributed by atoms with Crippen molar-refractivity contribution in [3.05, 3.63) is 12.2 Å². The van der Waals surface area contributed by atoms with Crippen molar-refractivity contribution in [2.24, 2.45) is 4.99 Å². The molecule has 0 aliphatic carbocycles. The number of rotatable bonds is 2. The van der Waals surface area contributed by atoms with E-state index in [2.05, 4.69) is 11.6 Å². The number of aliphatic hydroxyl groups excluding tert-OH is 1. The summed E-state index contributed by atoms with van der Waals surface area (Å²) in [5.41, 5.74) is 2.37. The van der Waals surface area contributed by atoms with Gasteiger partial charge in [0, 0.05) is 0 Å². The van der Waals surface area contributed by atoms with Crippen LogP contribution in [-0.4, -0.2) is 22.9 Å². The Morgan fingerprint density at radius 2 is 2.33 bits per heavy atom. The van der Waals surface area contributed by atoms with Crippen LogP contribution in [0.5, 0.6) is 0 Å². The van der Waals surface area contributed by atoms with Crippen molar-refractivity contribution in [2.45, 2.75) is 6.92 Å². The van der Waals surface area contributed by atoms with Gasteiger partial charge in [-0.25, -0.2) is 4.99 Å². The van der Waals surface area contributed by atoms with Crippen LogP contribution >= 0.6 is 0 Å². The molecule has 52 valence electrons. The van der Waals surface area contributed by atoms with E-state index in [0.717, 1.165) is 0 Å². The Balaban J connectivity index is 3.98. The van der Waals surface area contributed by atoms with Gasteiger partial charge in [-0.3, -0.25) is 10.7 Å². The minimum absolute atomic E-state index is 0.206. The minimum atomic E-state index is -0.351. The molecule has 0 amide bonds. The minimum Gasteiger partial charge on any atom is -0.374 e. The fraction of sp³-hybridized carbons (Fsp3) is 0.400.